The highest BCUT2D eigenvalue weighted by Gasteiger charge is 2.15. The van der Waals surface area contributed by atoms with E-state index >= 15 is 0 Å². The summed E-state index contributed by atoms with van der Waals surface area (Å²) < 4.78 is 0. The van der Waals surface area contributed by atoms with Gasteiger partial charge in [0, 0.05) is 12.7 Å². The average Bonchev–Trinajstić information content (AvgIpc) is 2.34. The first-order chi connectivity index (χ1) is 8.56. The molecule has 0 atom stereocenters. The van der Waals surface area contributed by atoms with E-state index in [1.165, 1.54) is 0 Å². The second-order valence-corrected chi connectivity index (χ2v) is 4.62. The number of nitrogens with zero attached hydrogens (tertiary/aromatic N) is 2. The van der Waals surface area contributed by atoms with Crippen LogP contribution in [0.5, 0.6) is 0 Å². The molecular weight excluding hydrogens is 264 g/mol. The number of halogens is 1. The summed E-state index contributed by atoms with van der Waals surface area (Å²) in [5, 5.41) is 2.87. The average molecular weight is 287 g/mol. The molecule has 0 aromatic carbocycles. The van der Waals surface area contributed by atoms with Crippen molar-refractivity contribution in [1.29, 1.82) is 0 Å². The highest BCUT2D eigenvalue weighted by molar-refractivity contribution is 5.95. The fourth-order valence-electron chi connectivity index (χ4n) is 1.67. The molecule has 0 saturated carbocycles. The van der Waals surface area contributed by atoms with E-state index in [-0.39, 0.29) is 24.2 Å². The molecule has 108 valence electrons. The van der Waals surface area contributed by atoms with Crippen molar-refractivity contribution < 1.29 is 4.79 Å². The smallest absolute Gasteiger partial charge is 0.254 e. The molecule has 0 aliphatic heterocycles. The summed E-state index contributed by atoms with van der Waals surface area (Å²) in [5.41, 5.74) is 6.78. The lowest BCUT2D eigenvalue weighted by Crippen LogP contribution is -2.27. The number of aromatic nitrogens is 2. The van der Waals surface area contributed by atoms with Gasteiger partial charge in [0.2, 0.25) is 0 Å². The number of hydrogen-bond donors (Lipinski definition) is 2. The molecule has 0 saturated heterocycles. The van der Waals surface area contributed by atoms with Crippen molar-refractivity contribution in [2.24, 2.45) is 5.73 Å². The lowest BCUT2D eigenvalue weighted by Gasteiger charge is -2.12. The first kappa shape index (κ1) is 17.8. The van der Waals surface area contributed by atoms with Gasteiger partial charge in [0.15, 0.2) is 0 Å². The molecule has 1 aromatic heterocycles. The van der Waals surface area contributed by atoms with Crippen LogP contribution in [-0.2, 0) is 0 Å². The molecule has 0 aliphatic carbocycles. The van der Waals surface area contributed by atoms with E-state index in [1.54, 1.807) is 6.20 Å². The molecule has 6 heteroatoms. The number of hydrogen-bond acceptors (Lipinski definition) is 4. The summed E-state index contributed by atoms with van der Waals surface area (Å²) in [4.78, 5) is 20.5. The van der Waals surface area contributed by atoms with Crippen LogP contribution in [0.25, 0.3) is 0 Å². The lowest BCUT2D eigenvalue weighted by atomic mass is 10.0. The maximum Gasteiger partial charge on any atom is 0.254 e. The Bertz CT molecular complexity index is 410. The van der Waals surface area contributed by atoms with Crippen molar-refractivity contribution in [2.75, 3.05) is 13.1 Å². The molecule has 1 aromatic rings. The molecule has 0 radical (unpaired) electrons. The van der Waals surface area contributed by atoms with Crippen LogP contribution >= 0.6 is 12.4 Å². The molecule has 1 heterocycles. The van der Waals surface area contributed by atoms with E-state index in [9.17, 15) is 4.79 Å². The molecule has 0 aliphatic rings. The largest absolute Gasteiger partial charge is 0.352 e. The van der Waals surface area contributed by atoms with Crippen LogP contribution in [0.15, 0.2) is 6.20 Å². The van der Waals surface area contributed by atoms with E-state index in [0.29, 0.717) is 24.5 Å². The normalized spacial score (nSPS) is 10.2. The Hall–Kier alpha value is -1.20. The Balaban J connectivity index is 0.00000324. The number of amides is 1. The number of nitrogens with two attached hydrogens (primary N) is 1. The van der Waals surface area contributed by atoms with E-state index in [1.807, 2.05) is 20.8 Å². The number of unbranched alkanes of at least 4 members (excludes halogenated alkanes) is 1. The monoisotopic (exact) mass is 286 g/mol. The van der Waals surface area contributed by atoms with Crippen molar-refractivity contribution in [3.05, 3.63) is 23.3 Å². The SMILES string of the molecule is Cc1ncc(C(=O)NCCCCN)c(C(C)C)n1.Cl. The summed E-state index contributed by atoms with van der Waals surface area (Å²) >= 11 is 0. The van der Waals surface area contributed by atoms with Gasteiger partial charge in [-0.3, -0.25) is 4.79 Å². The molecule has 1 rings (SSSR count). The second-order valence-electron chi connectivity index (χ2n) is 4.62. The van der Waals surface area contributed by atoms with Crippen molar-refractivity contribution >= 4 is 18.3 Å². The van der Waals surface area contributed by atoms with Gasteiger partial charge in [-0.15, -0.1) is 12.4 Å². The highest BCUT2D eigenvalue weighted by Crippen LogP contribution is 2.16. The van der Waals surface area contributed by atoms with Gasteiger partial charge in [-0.05, 0) is 32.2 Å². The Morgan fingerprint density at radius 2 is 2.11 bits per heavy atom. The minimum absolute atomic E-state index is 0. The van der Waals surface area contributed by atoms with Gasteiger partial charge in [-0.1, -0.05) is 13.8 Å². The van der Waals surface area contributed by atoms with Gasteiger partial charge < -0.3 is 11.1 Å². The summed E-state index contributed by atoms with van der Waals surface area (Å²) in [6.45, 7) is 7.16. The van der Waals surface area contributed by atoms with E-state index in [2.05, 4.69) is 15.3 Å². The first-order valence-corrected chi connectivity index (χ1v) is 6.38. The van der Waals surface area contributed by atoms with E-state index < -0.39 is 0 Å². The topological polar surface area (TPSA) is 80.9 Å². The summed E-state index contributed by atoms with van der Waals surface area (Å²) in [6.07, 6.45) is 3.42. The lowest BCUT2D eigenvalue weighted by molar-refractivity contribution is 0.0951. The maximum absolute atomic E-state index is 12.0. The Morgan fingerprint density at radius 1 is 1.42 bits per heavy atom. The minimum Gasteiger partial charge on any atom is -0.352 e. The van der Waals surface area contributed by atoms with Crippen LogP contribution in [0.4, 0.5) is 0 Å². The zero-order valence-corrected chi connectivity index (χ0v) is 12.6. The van der Waals surface area contributed by atoms with Crippen LogP contribution in [0, 0.1) is 6.92 Å². The predicted molar refractivity (Wildman–Crippen MR) is 78.7 cm³/mol. The van der Waals surface area contributed by atoms with Gasteiger partial charge in [0.25, 0.3) is 5.91 Å². The van der Waals surface area contributed by atoms with E-state index in [0.717, 1.165) is 18.5 Å². The minimum atomic E-state index is -0.101. The summed E-state index contributed by atoms with van der Waals surface area (Å²) in [5.74, 6) is 0.797. The number of carbonyl (C=O) groups excluding carboxylic acids is 1. The summed E-state index contributed by atoms with van der Waals surface area (Å²) in [6, 6.07) is 0. The molecule has 3 N–H and O–H groups in total. The number of nitrogens with one attached hydrogen (secondary N) is 1. The maximum atomic E-state index is 12.0. The van der Waals surface area contributed by atoms with Crippen LogP contribution < -0.4 is 11.1 Å². The van der Waals surface area contributed by atoms with Gasteiger partial charge in [0.1, 0.15) is 5.82 Å². The van der Waals surface area contributed by atoms with Gasteiger partial charge >= 0.3 is 0 Å². The predicted octanol–water partition coefficient (Wildman–Crippen LogP) is 1.80. The standard InChI is InChI=1S/C13H22N4O.ClH/c1-9(2)12-11(8-16-10(3)17-12)13(18)15-7-5-4-6-14;/h8-9H,4-7,14H2,1-3H3,(H,15,18);1H. The van der Waals surface area contributed by atoms with Crippen molar-refractivity contribution in [1.82, 2.24) is 15.3 Å². The Morgan fingerprint density at radius 3 is 2.68 bits per heavy atom. The highest BCUT2D eigenvalue weighted by atomic mass is 35.5. The number of rotatable bonds is 6. The zero-order chi connectivity index (χ0) is 13.5. The second kappa shape index (κ2) is 8.82. The van der Waals surface area contributed by atoms with Gasteiger partial charge in [-0.2, -0.15) is 0 Å². The Labute approximate surface area is 120 Å². The molecular formula is C13H23ClN4O. The molecule has 1 amide bonds. The fourth-order valence-corrected chi connectivity index (χ4v) is 1.67. The number of carbonyl (C=O) groups is 1. The van der Waals surface area contributed by atoms with Crippen molar-refractivity contribution in [3.63, 3.8) is 0 Å². The van der Waals surface area contributed by atoms with Crippen LogP contribution in [0.2, 0.25) is 0 Å². The van der Waals surface area contributed by atoms with Gasteiger partial charge in [0.05, 0.1) is 11.3 Å². The third-order valence-corrected chi connectivity index (χ3v) is 2.65. The van der Waals surface area contributed by atoms with Crippen molar-refractivity contribution in [3.8, 4) is 0 Å². The Kier molecular flexibility index (Phi) is 8.27. The molecule has 0 spiro atoms. The molecule has 0 fully saturated rings. The third kappa shape index (κ3) is 5.53. The summed E-state index contributed by atoms with van der Waals surface area (Å²) in [7, 11) is 0. The number of aryl methyl sites for hydroxylation is 1. The first-order valence-electron chi connectivity index (χ1n) is 6.38. The molecule has 5 nitrogen and oxygen atoms in total. The van der Waals surface area contributed by atoms with E-state index in [4.69, 9.17) is 5.73 Å². The van der Waals surface area contributed by atoms with Crippen LogP contribution in [0.3, 0.4) is 0 Å². The van der Waals surface area contributed by atoms with Crippen molar-refractivity contribution in [2.45, 2.75) is 39.5 Å². The fraction of sp³-hybridized carbons (Fsp3) is 0.615. The molecule has 19 heavy (non-hydrogen) atoms. The quantitative estimate of drug-likeness (QED) is 0.782. The van der Waals surface area contributed by atoms with Crippen LogP contribution in [0.1, 0.15) is 54.5 Å². The molecule has 0 unspecified atom stereocenters. The molecule has 0 bridgehead atoms. The third-order valence-electron chi connectivity index (χ3n) is 2.65. The van der Waals surface area contributed by atoms with Gasteiger partial charge in [-0.25, -0.2) is 9.97 Å². The zero-order valence-electron chi connectivity index (χ0n) is 11.8. The van der Waals surface area contributed by atoms with Crippen LogP contribution in [-0.4, -0.2) is 29.0 Å².